The van der Waals surface area contributed by atoms with Gasteiger partial charge in [0.05, 0.1) is 6.54 Å². The molecule has 2 atom stereocenters. The molecule has 1 aliphatic heterocycles. The first-order valence-electron chi connectivity index (χ1n) is 6.12. The van der Waals surface area contributed by atoms with E-state index in [-0.39, 0.29) is 0 Å². The second-order valence-corrected chi connectivity index (χ2v) is 5.08. The van der Waals surface area contributed by atoms with Crippen LogP contribution in [0.4, 0.5) is 0 Å². The van der Waals surface area contributed by atoms with Crippen molar-refractivity contribution in [3.8, 4) is 0 Å². The molecule has 0 bridgehead atoms. The van der Waals surface area contributed by atoms with Crippen molar-refractivity contribution >= 4 is 6.21 Å². The summed E-state index contributed by atoms with van der Waals surface area (Å²) >= 11 is 0. The Hall–Kier alpha value is -1.15. The first-order chi connectivity index (χ1) is 7.80. The first-order valence-corrected chi connectivity index (χ1v) is 6.12. The molecule has 1 spiro atoms. The van der Waals surface area contributed by atoms with Crippen LogP contribution >= 0.6 is 0 Å². The zero-order valence-corrected chi connectivity index (χ0v) is 9.69. The molecule has 2 aliphatic rings. The van der Waals surface area contributed by atoms with Gasteiger partial charge in [0.15, 0.2) is 0 Å². The smallest absolute Gasteiger partial charge is 0.0548 e. The molecule has 2 heteroatoms. The zero-order valence-electron chi connectivity index (χ0n) is 9.69. The van der Waals surface area contributed by atoms with Crippen molar-refractivity contribution < 1.29 is 0 Å². The molecule has 3 rings (SSSR count). The average molecular weight is 214 g/mol. The maximum Gasteiger partial charge on any atom is 0.0548 e. The van der Waals surface area contributed by atoms with Crippen molar-refractivity contribution in [2.75, 3.05) is 6.54 Å². The number of hydrogen-bond acceptors (Lipinski definition) is 2. The highest BCUT2D eigenvalue weighted by molar-refractivity contribution is 5.73. The molecule has 84 valence electrons. The van der Waals surface area contributed by atoms with E-state index >= 15 is 0 Å². The number of nitrogens with zero attached hydrogens (tertiary/aromatic N) is 1. The summed E-state index contributed by atoms with van der Waals surface area (Å²) in [5.74, 6) is 0. The lowest BCUT2D eigenvalue weighted by molar-refractivity contribution is 0.404. The van der Waals surface area contributed by atoms with E-state index in [4.69, 9.17) is 0 Å². The first kappa shape index (κ1) is 10.0. The Bertz CT molecular complexity index is 392. The van der Waals surface area contributed by atoms with E-state index in [0.29, 0.717) is 17.5 Å². The van der Waals surface area contributed by atoms with Gasteiger partial charge < -0.3 is 5.32 Å². The normalized spacial score (nSPS) is 27.2. The molecule has 0 aromatic heterocycles. The van der Waals surface area contributed by atoms with Gasteiger partial charge in [0.1, 0.15) is 0 Å². The van der Waals surface area contributed by atoms with Gasteiger partial charge in [-0.1, -0.05) is 30.3 Å². The maximum atomic E-state index is 4.44. The number of rotatable bonds is 3. The maximum absolute atomic E-state index is 4.44. The summed E-state index contributed by atoms with van der Waals surface area (Å²) in [5.41, 5.74) is 1.79. The van der Waals surface area contributed by atoms with Crippen molar-refractivity contribution in [1.29, 1.82) is 0 Å². The van der Waals surface area contributed by atoms with E-state index in [1.807, 2.05) is 0 Å². The number of nitrogens with one attached hydrogen (secondary N) is 1. The third kappa shape index (κ3) is 1.67. The van der Waals surface area contributed by atoms with Crippen LogP contribution in [-0.2, 0) is 0 Å². The minimum absolute atomic E-state index is 0.420. The van der Waals surface area contributed by atoms with Crippen LogP contribution < -0.4 is 5.32 Å². The number of benzene rings is 1. The van der Waals surface area contributed by atoms with Crippen molar-refractivity contribution in [3.05, 3.63) is 35.9 Å². The predicted octanol–water partition coefficient (Wildman–Crippen LogP) is 2.57. The molecule has 1 heterocycles. The fourth-order valence-corrected chi connectivity index (χ4v) is 2.59. The SMILES string of the molecule is C[C@H](NC1CN=CC12CC2)c1ccccc1. The van der Waals surface area contributed by atoms with Gasteiger partial charge in [0, 0.05) is 23.7 Å². The summed E-state index contributed by atoms with van der Waals surface area (Å²) in [6.07, 6.45) is 4.81. The van der Waals surface area contributed by atoms with Crippen molar-refractivity contribution in [2.24, 2.45) is 10.4 Å². The van der Waals surface area contributed by atoms with Gasteiger partial charge in [-0.2, -0.15) is 0 Å². The minimum atomic E-state index is 0.420. The Morgan fingerprint density at radius 2 is 2.06 bits per heavy atom. The molecule has 0 amide bonds. The van der Waals surface area contributed by atoms with Gasteiger partial charge in [-0.15, -0.1) is 0 Å². The highest BCUT2D eigenvalue weighted by atomic mass is 15.0. The van der Waals surface area contributed by atoms with Crippen molar-refractivity contribution in [1.82, 2.24) is 5.32 Å². The van der Waals surface area contributed by atoms with Crippen LogP contribution in [0.1, 0.15) is 31.4 Å². The van der Waals surface area contributed by atoms with Crippen molar-refractivity contribution in [3.63, 3.8) is 0 Å². The summed E-state index contributed by atoms with van der Waals surface area (Å²) in [4.78, 5) is 4.44. The lowest BCUT2D eigenvalue weighted by Crippen LogP contribution is -2.38. The van der Waals surface area contributed by atoms with Crippen LogP contribution in [0.25, 0.3) is 0 Å². The van der Waals surface area contributed by atoms with Crippen molar-refractivity contribution in [2.45, 2.75) is 31.8 Å². The van der Waals surface area contributed by atoms with E-state index in [2.05, 4.69) is 53.8 Å². The zero-order chi connectivity index (χ0) is 11.0. The van der Waals surface area contributed by atoms with E-state index in [1.165, 1.54) is 18.4 Å². The van der Waals surface area contributed by atoms with Gasteiger partial charge in [0.2, 0.25) is 0 Å². The molecule has 1 fully saturated rings. The molecule has 1 unspecified atom stereocenters. The Morgan fingerprint density at radius 3 is 2.75 bits per heavy atom. The predicted molar refractivity (Wildman–Crippen MR) is 66.8 cm³/mol. The molecule has 1 aliphatic carbocycles. The number of aliphatic imine (C=N–C) groups is 1. The summed E-state index contributed by atoms with van der Waals surface area (Å²) in [7, 11) is 0. The van der Waals surface area contributed by atoms with E-state index < -0.39 is 0 Å². The molecule has 16 heavy (non-hydrogen) atoms. The molecule has 1 N–H and O–H groups in total. The monoisotopic (exact) mass is 214 g/mol. The summed E-state index contributed by atoms with van der Waals surface area (Å²) in [5, 5.41) is 3.72. The Morgan fingerprint density at radius 1 is 1.31 bits per heavy atom. The summed E-state index contributed by atoms with van der Waals surface area (Å²) in [6, 6.07) is 11.6. The summed E-state index contributed by atoms with van der Waals surface area (Å²) < 4.78 is 0. The highest BCUT2D eigenvalue weighted by Gasteiger charge is 2.50. The Balaban J connectivity index is 1.67. The highest BCUT2D eigenvalue weighted by Crippen LogP contribution is 2.49. The van der Waals surface area contributed by atoms with Gasteiger partial charge in [-0.25, -0.2) is 0 Å². The van der Waals surface area contributed by atoms with Crippen LogP contribution in [0, 0.1) is 5.41 Å². The third-order valence-electron chi connectivity index (χ3n) is 3.91. The Kier molecular flexibility index (Phi) is 2.32. The molecule has 1 aromatic carbocycles. The molecule has 2 nitrogen and oxygen atoms in total. The van der Waals surface area contributed by atoms with Crippen LogP contribution in [0.5, 0.6) is 0 Å². The van der Waals surface area contributed by atoms with Gasteiger partial charge >= 0.3 is 0 Å². The fraction of sp³-hybridized carbons (Fsp3) is 0.500. The third-order valence-corrected chi connectivity index (χ3v) is 3.91. The standard InChI is InChI=1S/C14H18N2/c1-11(12-5-3-2-4-6-12)16-13-9-15-10-14(13)7-8-14/h2-6,10-11,13,16H,7-9H2,1H3/t11-,13?/m0/s1. The largest absolute Gasteiger partial charge is 0.305 e. The molecular formula is C14H18N2. The lowest BCUT2D eigenvalue weighted by Gasteiger charge is -2.23. The van der Waals surface area contributed by atoms with Crippen LogP contribution in [0.15, 0.2) is 35.3 Å². The number of hydrogen-bond donors (Lipinski definition) is 1. The molecule has 0 radical (unpaired) electrons. The second kappa shape index (κ2) is 3.70. The van der Waals surface area contributed by atoms with E-state index in [1.54, 1.807) is 0 Å². The summed E-state index contributed by atoms with van der Waals surface area (Å²) in [6.45, 7) is 3.20. The molecule has 1 aromatic rings. The van der Waals surface area contributed by atoms with Gasteiger partial charge in [-0.05, 0) is 25.3 Å². The topological polar surface area (TPSA) is 24.4 Å². The lowest BCUT2D eigenvalue weighted by atomic mass is 9.98. The van der Waals surface area contributed by atoms with E-state index in [9.17, 15) is 0 Å². The van der Waals surface area contributed by atoms with Crippen LogP contribution in [0.2, 0.25) is 0 Å². The van der Waals surface area contributed by atoms with Crippen LogP contribution in [-0.4, -0.2) is 18.8 Å². The molecule has 1 saturated carbocycles. The molecular weight excluding hydrogens is 196 g/mol. The van der Waals surface area contributed by atoms with Gasteiger partial charge in [0.25, 0.3) is 0 Å². The fourth-order valence-electron chi connectivity index (χ4n) is 2.59. The Labute approximate surface area is 96.8 Å². The second-order valence-electron chi connectivity index (χ2n) is 5.08. The van der Waals surface area contributed by atoms with Crippen LogP contribution in [0.3, 0.4) is 0 Å². The molecule has 0 saturated heterocycles. The minimum Gasteiger partial charge on any atom is -0.305 e. The van der Waals surface area contributed by atoms with E-state index in [0.717, 1.165) is 6.54 Å². The quantitative estimate of drug-likeness (QED) is 0.821. The van der Waals surface area contributed by atoms with Gasteiger partial charge in [-0.3, -0.25) is 4.99 Å². The average Bonchev–Trinajstić information content (AvgIpc) is 2.99.